The molecule has 0 saturated carbocycles. The van der Waals surface area contributed by atoms with Crippen LogP contribution in [-0.2, 0) is 0 Å². The Morgan fingerprint density at radius 1 is 1.24 bits per heavy atom. The van der Waals surface area contributed by atoms with E-state index in [2.05, 4.69) is 12.2 Å². The number of hydrogen-bond acceptors (Lipinski definition) is 2. The Morgan fingerprint density at radius 3 is 2.52 bits per heavy atom. The molecule has 2 rings (SSSR count). The smallest absolute Gasteiger partial charge is 0.147 e. The Hall–Kier alpha value is -2.05. The Morgan fingerprint density at radius 2 is 1.95 bits per heavy atom. The van der Waals surface area contributed by atoms with Gasteiger partial charge in [-0.15, -0.1) is 0 Å². The number of nitriles is 1. The number of nitrogens with zero attached hydrogens (tertiary/aromatic N) is 1. The third-order valence-corrected chi connectivity index (χ3v) is 3.53. The summed E-state index contributed by atoms with van der Waals surface area (Å²) in [4.78, 5) is 0. The second kappa shape index (κ2) is 7.10. The standard InChI is InChI=1S/C17H16ClFN2/c1-2-3-16(13-5-7-14(18)8-6-13)21-17-9-4-12(11-20)10-15(17)19/h4-10,16,21H,2-3H2,1H3. The van der Waals surface area contributed by atoms with Gasteiger partial charge in [0.15, 0.2) is 0 Å². The van der Waals surface area contributed by atoms with E-state index in [1.807, 2.05) is 30.3 Å². The number of halogens is 2. The molecular weight excluding hydrogens is 287 g/mol. The first-order chi connectivity index (χ1) is 10.1. The maximum absolute atomic E-state index is 14.0. The SMILES string of the molecule is CCCC(Nc1ccc(C#N)cc1F)c1ccc(Cl)cc1. The van der Waals surface area contributed by atoms with E-state index in [-0.39, 0.29) is 6.04 Å². The fraction of sp³-hybridized carbons (Fsp3) is 0.235. The van der Waals surface area contributed by atoms with E-state index in [1.165, 1.54) is 6.07 Å². The van der Waals surface area contributed by atoms with Gasteiger partial charge in [-0.3, -0.25) is 0 Å². The van der Waals surface area contributed by atoms with Gasteiger partial charge in [-0.05, 0) is 42.3 Å². The van der Waals surface area contributed by atoms with Crippen molar-refractivity contribution < 1.29 is 4.39 Å². The lowest BCUT2D eigenvalue weighted by atomic mass is 10.0. The van der Waals surface area contributed by atoms with Crippen molar-refractivity contribution in [3.63, 3.8) is 0 Å². The van der Waals surface area contributed by atoms with Crippen molar-refractivity contribution in [2.45, 2.75) is 25.8 Å². The molecule has 0 bridgehead atoms. The number of hydrogen-bond donors (Lipinski definition) is 1. The van der Waals surface area contributed by atoms with Gasteiger partial charge in [0.2, 0.25) is 0 Å². The second-order valence-electron chi connectivity index (χ2n) is 4.84. The van der Waals surface area contributed by atoms with Crippen molar-refractivity contribution in [1.29, 1.82) is 5.26 Å². The third kappa shape index (κ3) is 3.96. The van der Waals surface area contributed by atoms with Gasteiger partial charge >= 0.3 is 0 Å². The van der Waals surface area contributed by atoms with Crippen LogP contribution in [0, 0.1) is 17.1 Å². The molecule has 0 spiro atoms. The molecule has 0 aromatic heterocycles. The number of benzene rings is 2. The van der Waals surface area contributed by atoms with Crippen molar-refractivity contribution >= 4 is 17.3 Å². The zero-order valence-electron chi connectivity index (χ0n) is 11.7. The number of nitrogens with one attached hydrogen (secondary N) is 1. The second-order valence-corrected chi connectivity index (χ2v) is 5.28. The molecule has 0 aliphatic heterocycles. The maximum Gasteiger partial charge on any atom is 0.147 e. The highest BCUT2D eigenvalue weighted by molar-refractivity contribution is 6.30. The van der Waals surface area contributed by atoms with Crippen molar-refractivity contribution in [3.8, 4) is 6.07 Å². The van der Waals surface area contributed by atoms with E-state index < -0.39 is 5.82 Å². The van der Waals surface area contributed by atoms with Crippen LogP contribution < -0.4 is 5.32 Å². The van der Waals surface area contributed by atoms with E-state index in [0.717, 1.165) is 18.4 Å². The molecule has 0 fully saturated rings. The van der Waals surface area contributed by atoms with Crippen molar-refractivity contribution in [1.82, 2.24) is 0 Å². The topological polar surface area (TPSA) is 35.8 Å². The summed E-state index contributed by atoms with van der Waals surface area (Å²) in [5, 5.41) is 12.7. The molecule has 1 unspecified atom stereocenters. The minimum absolute atomic E-state index is 0.00898. The summed E-state index contributed by atoms with van der Waals surface area (Å²) < 4.78 is 14.0. The predicted molar refractivity (Wildman–Crippen MR) is 83.8 cm³/mol. The van der Waals surface area contributed by atoms with E-state index in [1.54, 1.807) is 12.1 Å². The minimum Gasteiger partial charge on any atom is -0.376 e. The molecular formula is C17H16ClFN2. The third-order valence-electron chi connectivity index (χ3n) is 3.28. The van der Waals surface area contributed by atoms with Gasteiger partial charge in [0.25, 0.3) is 0 Å². The van der Waals surface area contributed by atoms with Crippen LogP contribution >= 0.6 is 11.6 Å². The lowest BCUT2D eigenvalue weighted by molar-refractivity contribution is 0.617. The summed E-state index contributed by atoms with van der Waals surface area (Å²) in [5.41, 5.74) is 1.78. The number of anilines is 1. The molecule has 0 saturated heterocycles. The van der Waals surface area contributed by atoms with Crippen LogP contribution in [-0.4, -0.2) is 0 Å². The van der Waals surface area contributed by atoms with Gasteiger partial charge in [0.1, 0.15) is 5.82 Å². The average molecular weight is 303 g/mol. The molecule has 0 aliphatic rings. The summed E-state index contributed by atoms with van der Waals surface area (Å²) in [6.07, 6.45) is 1.85. The van der Waals surface area contributed by atoms with Crippen LogP contribution in [0.5, 0.6) is 0 Å². The predicted octanol–water partition coefficient (Wildman–Crippen LogP) is 5.30. The normalized spacial score (nSPS) is 11.7. The Balaban J connectivity index is 2.24. The molecule has 1 atom stereocenters. The zero-order chi connectivity index (χ0) is 15.2. The van der Waals surface area contributed by atoms with Crippen LogP contribution in [0.3, 0.4) is 0 Å². The van der Waals surface area contributed by atoms with Crippen LogP contribution in [0.4, 0.5) is 10.1 Å². The quantitative estimate of drug-likeness (QED) is 0.813. The van der Waals surface area contributed by atoms with E-state index in [4.69, 9.17) is 16.9 Å². The molecule has 2 aromatic carbocycles. The van der Waals surface area contributed by atoms with Crippen LogP contribution in [0.25, 0.3) is 0 Å². The van der Waals surface area contributed by atoms with Crippen LogP contribution in [0.15, 0.2) is 42.5 Å². The molecule has 108 valence electrons. The molecule has 0 radical (unpaired) electrons. The van der Waals surface area contributed by atoms with Crippen molar-refractivity contribution in [3.05, 3.63) is 64.4 Å². The summed E-state index contributed by atoms with van der Waals surface area (Å²) in [6.45, 7) is 2.08. The molecule has 1 N–H and O–H groups in total. The van der Waals surface area contributed by atoms with Crippen LogP contribution in [0.2, 0.25) is 5.02 Å². The summed E-state index contributed by atoms with van der Waals surface area (Å²) in [6, 6.07) is 13.9. The summed E-state index contributed by atoms with van der Waals surface area (Å²) in [5.74, 6) is -0.413. The highest BCUT2D eigenvalue weighted by Crippen LogP contribution is 2.27. The van der Waals surface area contributed by atoms with E-state index in [0.29, 0.717) is 16.3 Å². The van der Waals surface area contributed by atoms with Gasteiger partial charge in [-0.2, -0.15) is 5.26 Å². The maximum atomic E-state index is 14.0. The molecule has 4 heteroatoms. The Kier molecular flexibility index (Phi) is 5.19. The van der Waals surface area contributed by atoms with Crippen LogP contribution in [0.1, 0.15) is 36.9 Å². The fourth-order valence-electron chi connectivity index (χ4n) is 2.20. The van der Waals surface area contributed by atoms with Gasteiger partial charge in [0.05, 0.1) is 23.4 Å². The largest absolute Gasteiger partial charge is 0.376 e. The van der Waals surface area contributed by atoms with E-state index >= 15 is 0 Å². The first-order valence-corrected chi connectivity index (χ1v) is 7.23. The molecule has 0 heterocycles. The van der Waals surface area contributed by atoms with Crippen molar-refractivity contribution in [2.75, 3.05) is 5.32 Å². The van der Waals surface area contributed by atoms with Gasteiger partial charge in [-0.25, -0.2) is 4.39 Å². The Labute approximate surface area is 129 Å². The minimum atomic E-state index is -0.413. The van der Waals surface area contributed by atoms with Gasteiger partial charge in [0, 0.05) is 5.02 Å². The molecule has 0 aliphatic carbocycles. The molecule has 21 heavy (non-hydrogen) atoms. The highest BCUT2D eigenvalue weighted by atomic mass is 35.5. The molecule has 0 amide bonds. The average Bonchev–Trinajstić information content (AvgIpc) is 2.49. The van der Waals surface area contributed by atoms with Gasteiger partial charge in [-0.1, -0.05) is 37.1 Å². The van der Waals surface area contributed by atoms with Gasteiger partial charge < -0.3 is 5.32 Å². The summed E-state index contributed by atoms with van der Waals surface area (Å²) >= 11 is 5.90. The first kappa shape index (κ1) is 15.3. The van der Waals surface area contributed by atoms with Crippen molar-refractivity contribution in [2.24, 2.45) is 0 Å². The highest BCUT2D eigenvalue weighted by Gasteiger charge is 2.13. The lowest BCUT2D eigenvalue weighted by Crippen LogP contribution is -2.11. The Bertz CT molecular complexity index is 647. The monoisotopic (exact) mass is 302 g/mol. The number of rotatable bonds is 5. The van der Waals surface area contributed by atoms with E-state index in [9.17, 15) is 4.39 Å². The first-order valence-electron chi connectivity index (χ1n) is 6.85. The zero-order valence-corrected chi connectivity index (χ0v) is 12.5. The molecule has 2 aromatic rings. The summed E-state index contributed by atoms with van der Waals surface area (Å²) in [7, 11) is 0. The fourth-order valence-corrected chi connectivity index (χ4v) is 2.32. The molecule has 2 nitrogen and oxygen atoms in total. The lowest BCUT2D eigenvalue weighted by Gasteiger charge is -2.20.